The van der Waals surface area contributed by atoms with Crippen LogP contribution in [0.3, 0.4) is 0 Å². The quantitative estimate of drug-likeness (QED) is 0.251. The molecule has 0 aliphatic heterocycles. The van der Waals surface area contributed by atoms with Gasteiger partial charge in [0, 0.05) is 31.5 Å². The molecule has 1 amide bonds. The lowest BCUT2D eigenvalue weighted by atomic mass is 9.91. The van der Waals surface area contributed by atoms with Crippen LogP contribution in [0, 0.1) is 12.8 Å². The summed E-state index contributed by atoms with van der Waals surface area (Å²) in [6, 6.07) is 18.6. The largest absolute Gasteiger partial charge is 0.478 e. The SMILES string of the molecule is CCC(C)CC(=Cc1cc(-c2cc(C(=O)NCc3ccc(C(=O)O)cc3)nn2C)ccc1C)c1cccnc1. The molecule has 2 aromatic heterocycles. The van der Waals surface area contributed by atoms with Gasteiger partial charge in [-0.1, -0.05) is 56.7 Å². The number of nitrogens with zero attached hydrogens (tertiary/aromatic N) is 3. The van der Waals surface area contributed by atoms with Crippen molar-refractivity contribution in [1.82, 2.24) is 20.1 Å². The van der Waals surface area contributed by atoms with Gasteiger partial charge in [-0.2, -0.15) is 5.10 Å². The molecular weight excluding hydrogens is 488 g/mol. The normalized spacial score (nSPS) is 12.3. The van der Waals surface area contributed by atoms with Crippen LogP contribution in [0.4, 0.5) is 0 Å². The van der Waals surface area contributed by atoms with Gasteiger partial charge in [0.2, 0.25) is 0 Å². The molecule has 1 unspecified atom stereocenters. The Kier molecular flexibility index (Phi) is 8.71. The lowest BCUT2D eigenvalue weighted by Crippen LogP contribution is -2.23. The molecule has 7 nitrogen and oxygen atoms in total. The third-order valence-electron chi connectivity index (χ3n) is 6.97. The Labute approximate surface area is 229 Å². The Morgan fingerprint density at radius 3 is 2.51 bits per heavy atom. The molecule has 0 bridgehead atoms. The molecule has 0 aliphatic rings. The maximum atomic E-state index is 12.8. The molecule has 0 saturated heterocycles. The van der Waals surface area contributed by atoms with Gasteiger partial charge in [0.15, 0.2) is 5.69 Å². The van der Waals surface area contributed by atoms with E-state index in [2.05, 4.69) is 60.4 Å². The van der Waals surface area contributed by atoms with Crippen LogP contribution in [0.5, 0.6) is 0 Å². The van der Waals surface area contributed by atoms with Crippen molar-refractivity contribution in [2.24, 2.45) is 13.0 Å². The summed E-state index contributed by atoms with van der Waals surface area (Å²) in [5.74, 6) is -0.725. The highest BCUT2D eigenvalue weighted by Gasteiger charge is 2.15. The smallest absolute Gasteiger partial charge is 0.335 e. The maximum absolute atomic E-state index is 12.8. The van der Waals surface area contributed by atoms with Crippen LogP contribution in [0.25, 0.3) is 22.9 Å². The molecule has 4 rings (SSSR count). The fourth-order valence-corrected chi connectivity index (χ4v) is 4.36. The Balaban J connectivity index is 1.57. The van der Waals surface area contributed by atoms with Crippen LogP contribution in [0.15, 0.2) is 73.1 Å². The fraction of sp³-hybridized carbons (Fsp3) is 0.250. The molecule has 2 aromatic carbocycles. The number of nitrogens with one attached hydrogen (secondary N) is 1. The predicted molar refractivity (Wildman–Crippen MR) is 154 cm³/mol. The molecule has 200 valence electrons. The van der Waals surface area contributed by atoms with Crippen molar-refractivity contribution in [3.05, 3.63) is 107 Å². The van der Waals surface area contributed by atoms with Gasteiger partial charge in [0.25, 0.3) is 5.91 Å². The van der Waals surface area contributed by atoms with Crippen molar-refractivity contribution in [2.75, 3.05) is 0 Å². The number of rotatable bonds is 10. The van der Waals surface area contributed by atoms with E-state index in [1.807, 2.05) is 25.4 Å². The summed E-state index contributed by atoms with van der Waals surface area (Å²) in [6.45, 7) is 6.85. The van der Waals surface area contributed by atoms with E-state index in [1.54, 1.807) is 29.1 Å². The average molecular weight is 523 g/mol. The molecular formula is C32H34N4O3. The van der Waals surface area contributed by atoms with Crippen molar-refractivity contribution in [1.29, 1.82) is 0 Å². The molecule has 1 atom stereocenters. The Hall–Kier alpha value is -4.52. The zero-order valence-corrected chi connectivity index (χ0v) is 22.8. The molecule has 0 saturated carbocycles. The number of carboxylic acid groups (broad SMARTS) is 1. The van der Waals surface area contributed by atoms with Gasteiger partial charge in [0.1, 0.15) is 0 Å². The maximum Gasteiger partial charge on any atom is 0.335 e. The monoisotopic (exact) mass is 522 g/mol. The van der Waals surface area contributed by atoms with Crippen LogP contribution in [0.1, 0.15) is 69.8 Å². The minimum absolute atomic E-state index is 0.208. The lowest BCUT2D eigenvalue weighted by molar-refractivity contribution is 0.0696. The number of carbonyl (C=O) groups excluding carboxylic acids is 1. The number of aryl methyl sites for hydroxylation is 2. The van der Waals surface area contributed by atoms with Crippen LogP contribution in [0.2, 0.25) is 0 Å². The zero-order valence-electron chi connectivity index (χ0n) is 22.8. The molecule has 39 heavy (non-hydrogen) atoms. The fourth-order valence-electron chi connectivity index (χ4n) is 4.36. The number of aromatic carboxylic acids is 1. The second kappa shape index (κ2) is 12.3. The van der Waals surface area contributed by atoms with Crippen molar-refractivity contribution in [3.8, 4) is 11.3 Å². The summed E-state index contributed by atoms with van der Waals surface area (Å²) in [4.78, 5) is 28.2. The molecule has 4 aromatic rings. The van der Waals surface area contributed by atoms with Crippen molar-refractivity contribution in [3.63, 3.8) is 0 Å². The number of carboxylic acids is 1. The number of hydrogen-bond donors (Lipinski definition) is 2. The summed E-state index contributed by atoms with van der Waals surface area (Å²) in [5.41, 5.74) is 7.80. The van der Waals surface area contributed by atoms with E-state index >= 15 is 0 Å². The van der Waals surface area contributed by atoms with Crippen molar-refractivity contribution in [2.45, 2.75) is 40.2 Å². The zero-order chi connectivity index (χ0) is 27.9. The number of pyridine rings is 1. The minimum Gasteiger partial charge on any atom is -0.478 e. The van der Waals surface area contributed by atoms with E-state index in [-0.39, 0.29) is 18.0 Å². The Morgan fingerprint density at radius 1 is 1.08 bits per heavy atom. The minimum atomic E-state index is -0.981. The number of aromatic nitrogens is 3. The highest BCUT2D eigenvalue weighted by molar-refractivity contribution is 5.93. The Morgan fingerprint density at radius 2 is 1.85 bits per heavy atom. The second-order valence-corrected chi connectivity index (χ2v) is 9.92. The van der Waals surface area contributed by atoms with Crippen LogP contribution < -0.4 is 5.32 Å². The third-order valence-corrected chi connectivity index (χ3v) is 6.97. The highest BCUT2D eigenvalue weighted by atomic mass is 16.4. The van der Waals surface area contributed by atoms with Gasteiger partial charge >= 0.3 is 5.97 Å². The summed E-state index contributed by atoms with van der Waals surface area (Å²) in [5, 5.41) is 16.4. The van der Waals surface area contributed by atoms with Crippen molar-refractivity contribution >= 4 is 23.5 Å². The van der Waals surface area contributed by atoms with Crippen LogP contribution in [-0.4, -0.2) is 31.7 Å². The number of allylic oxidation sites excluding steroid dienone is 1. The summed E-state index contributed by atoms with van der Waals surface area (Å²) in [6.07, 6.45) is 8.02. The van der Waals surface area contributed by atoms with Gasteiger partial charge in [-0.3, -0.25) is 14.5 Å². The molecule has 7 heteroatoms. The van der Waals surface area contributed by atoms with E-state index in [9.17, 15) is 9.59 Å². The van der Waals surface area contributed by atoms with Gasteiger partial charge in [-0.25, -0.2) is 4.79 Å². The summed E-state index contributed by atoms with van der Waals surface area (Å²) < 4.78 is 1.72. The first-order valence-corrected chi connectivity index (χ1v) is 13.1. The first kappa shape index (κ1) is 27.5. The summed E-state index contributed by atoms with van der Waals surface area (Å²) >= 11 is 0. The van der Waals surface area contributed by atoms with Gasteiger partial charge in [0.05, 0.1) is 11.3 Å². The molecule has 2 heterocycles. The number of hydrogen-bond acceptors (Lipinski definition) is 4. The van der Waals surface area contributed by atoms with Crippen LogP contribution >= 0.6 is 0 Å². The lowest BCUT2D eigenvalue weighted by Gasteiger charge is -2.14. The number of amides is 1. The highest BCUT2D eigenvalue weighted by Crippen LogP contribution is 2.30. The van der Waals surface area contributed by atoms with Crippen LogP contribution in [-0.2, 0) is 13.6 Å². The van der Waals surface area contributed by atoms with E-state index in [0.717, 1.165) is 40.8 Å². The second-order valence-electron chi connectivity index (χ2n) is 9.92. The molecule has 0 spiro atoms. The average Bonchev–Trinajstić information content (AvgIpc) is 3.34. The number of benzene rings is 2. The number of carbonyl (C=O) groups is 2. The van der Waals surface area contributed by atoms with Gasteiger partial charge < -0.3 is 10.4 Å². The molecule has 0 aliphatic carbocycles. The standard InChI is InChI=1S/C32H34N4O3/c1-5-21(2)15-28(26-7-6-14-33-20-26)17-27-16-25(11-8-22(27)3)30-18-29(35-36(30)4)31(37)34-19-23-9-12-24(13-10-23)32(38)39/h6-14,16-18,20-21H,5,15,19H2,1-4H3,(H,34,37)(H,38,39). The topological polar surface area (TPSA) is 97.1 Å². The molecule has 0 radical (unpaired) electrons. The molecule has 0 fully saturated rings. The van der Waals surface area contributed by atoms with Crippen molar-refractivity contribution < 1.29 is 14.7 Å². The van der Waals surface area contributed by atoms with E-state index in [0.29, 0.717) is 11.6 Å². The van der Waals surface area contributed by atoms with E-state index in [1.165, 1.54) is 23.3 Å². The van der Waals surface area contributed by atoms with Gasteiger partial charge in [-0.15, -0.1) is 0 Å². The first-order valence-electron chi connectivity index (χ1n) is 13.1. The third kappa shape index (κ3) is 6.87. The van der Waals surface area contributed by atoms with E-state index in [4.69, 9.17) is 5.11 Å². The summed E-state index contributed by atoms with van der Waals surface area (Å²) in [7, 11) is 1.83. The Bertz CT molecular complexity index is 1490. The van der Waals surface area contributed by atoms with E-state index < -0.39 is 5.97 Å². The first-order chi connectivity index (χ1) is 18.7. The predicted octanol–water partition coefficient (Wildman–Crippen LogP) is 6.40. The van der Waals surface area contributed by atoms with Gasteiger partial charge in [-0.05, 0) is 77.4 Å². The molecule has 2 N–H and O–H groups in total.